The van der Waals surface area contributed by atoms with Gasteiger partial charge in [-0.05, 0) is 24.1 Å². The number of nitrogen functional groups attached to an aromatic ring is 1. The molecule has 18 heavy (non-hydrogen) atoms. The third kappa shape index (κ3) is 3.63. The molecule has 0 aliphatic carbocycles. The third-order valence-corrected chi connectivity index (χ3v) is 2.82. The minimum absolute atomic E-state index is 0.166. The largest absolute Gasteiger partial charge is 0.398 e. The van der Waals surface area contributed by atoms with Crippen molar-refractivity contribution in [1.29, 1.82) is 0 Å². The number of nitrogens with one attached hydrogen (secondary N) is 1. The smallest absolute Gasteiger partial charge is 0.250 e. The predicted molar refractivity (Wildman–Crippen MR) is 73.5 cm³/mol. The van der Waals surface area contributed by atoms with Gasteiger partial charge in [0.2, 0.25) is 0 Å². The normalized spacial score (nSPS) is 12.4. The van der Waals surface area contributed by atoms with Gasteiger partial charge in [-0.25, -0.2) is 0 Å². The van der Waals surface area contributed by atoms with E-state index in [1.807, 2.05) is 6.07 Å². The van der Waals surface area contributed by atoms with Crippen molar-refractivity contribution < 1.29 is 9.53 Å². The van der Waals surface area contributed by atoms with E-state index in [2.05, 4.69) is 19.2 Å². The standard InChI is InChI=1S/C13H21N3O2/c1-8(2)12(7-18-3)16-9-4-5-11(14)10(6-9)13(15)17/h4-6,8,12,16H,7,14H2,1-3H3,(H2,15,17). The lowest BCUT2D eigenvalue weighted by atomic mass is 10.0. The second kappa shape index (κ2) is 6.26. The Balaban J connectivity index is 2.89. The van der Waals surface area contributed by atoms with Gasteiger partial charge in [0.15, 0.2) is 0 Å². The number of ether oxygens (including phenoxy) is 1. The van der Waals surface area contributed by atoms with Crippen LogP contribution in [0.25, 0.3) is 0 Å². The van der Waals surface area contributed by atoms with E-state index in [0.29, 0.717) is 23.8 Å². The maximum absolute atomic E-state index is 11.2. The molecule has 0 spiro atoms. The van der Waals surface area contributed by atoms with Crippen molar-refractivity contribution in [3.05, 3.63) is 23.8 Å². The summed E-state index contributed by atoms with van der Waals surface area (Å²) in [5.41, 5.74) is 12.5. The first kappa shape index (κ1) is 14.3. The molecule has 0 heterocycles. The zero-order chi connectivity index (χ0) is 13.7. The lowest BCUT2D eigenvalue weighted by molar-refractivity contribution is 0.100. The van der Waals surface area contributed by atoms with Gasteiger partial charge in [0, 0.05) is 18.5 Å². The number of primary amides is 1. The van der Waals surface area contributed by atoms with Gasteiger partial charge in [-0.3, -0.25) is 4.79 Å². The van der Waals surface area contributed by atoms with Crippen LogP contribution in [-0.2, 0) is 4.74 Å². The van der Waals surface area contributed by atoms with Gasteiger partial charge >= 0.3 is 0 Å². The SMILES string of the molecule is COCC(Nc1ccc(N)c(C(N)=O)c1)C(C)C. The van der Waals surface area contributed by atoms with Crippen molar-refractivity contribution in [3.8, 4) is 0 Å². The number of anilines is 2. The minimum Gasteiger partial charge on any atom is -0.398 e. The summed E-state index contributed by atoms with van der Waals surface area (Å²) < 4.78 is 5.16. The summed E-state index contributed by atoms with van der Waals surface area (Å²) in [7, 11) is 1.66. The number of methoxy groups -OCH3 is 1. The highest BCUT2D eigenvalue weighted by atomic mass is 16.5. The highest BCUT2D eigenvalue weighted by Gasteiger charge is 2.14. The van der Waals surface area contributed by atoms with Crippen LogP contribution in [0.1, 0.15) is 24.2 Å². The quantitative estimate of drug-likeness (QED) is 0.667. The van der Waals surface area contributed by atoms with E-state index >= 15 is 0 Å². The van der Waals surface area contributed by atoms with Crippen LogP contribution >= 0.6 is 0 Å². The summed E-state index contributed by atoms with van der Waals surface area (Å²) >= 11 is 0. The molecule has 0 radical (unpaired) electrons. The molecule has 0 saturated heterocycles. The van der Waals surface area contributed by atoms with Crippen LogP contribution in [0, 0.1) is 5.92 Å². The molecule has 1 unspecified atom stereocenters. The van der Waals surface area contributed by atoms with Crippen LogP contribution in [0.4, 0.5) is 11.4 Å². The maximum atomic E-state index is 11.2. The van der Waals surface area contributed by atoms with Gasteiger partial charge in [-0.15, -0.1) is 0 Å². The molecule has 5 N–H and O–H groups in total. The Morgan fingerprint density at radius 3 is 2.61 bits per heavy atom. The monoisotopic (exact) mass is 251 g/mol. The molecular formula is C13H21N3O2. The number of nitrogens with two attached hydrogens (primary N) is 2. The van der Waals surface area contributed by atoms with E-state index in [4.69, 9.17) is 16.2 Å². The van der Waals surface area contributed by atoms with E-state index in [0.717, 1.165) is 5.69 Å². The first-order valence-electron chi connectivity index (χ1n) is 5.90. The molecule has 0 bridgehead atoms. The van der Waals surface area contributed by atoms with Crippen molar-refractivity contribution in [2.45, 2.75) is 19.9 Å². The lowest BCUT2D eigenvalue weighted by Crippen LogP contribution is -2.30. The molecule has 1 rings (SSSR count). The van der Waals surface area contributed by atoms with E-state index < -0.39 is 5.91 Å². The van der Waals surface area contributed by atoms with E-state index in [-0.39, 0.29) is 6.04 Å². The Morgan fingerprint density at radius 2 is 2.11 bits per heavy atom. The van der Waals surface area contributed by atoms with Crippen molar-refractivity contribution in [1.82, 2.24) is 0 Å². The molecule has 0 saturated carbocycles. The number of rotatable bonds is 6. The topological polar surface area (TPSA) is 90.4 Å². The molecule has 0 aliphatic heterocycles. The molecule has 5 heteroatoms. The molecule has 1 aromatic rings. The Morgan fingerprint density at radius 1 is 1.44 bits per heavy atom. The average Bonchev–Trinajstić information content (AvgIpc) is 2.30. The summed E-state index contributed by atoms with van der Waals surface area (Å²) in [5, 5.41) is 3.31. The first-order valence-corrected chi connectivity index (χ1v) is 5.90. The van der Waals surface area contributed by atoms with E-state index in [9.17, 15) is 4.79 Å². The number of carbonyl (C=O) groups is 1. The number of benzene rings is 1. The summed E-state index contributed by atoms with van der Waals surface area (Å²) in [6.07, 6.45) is 0. The number of carbonyl (C=O) groups excluding carboxylic acids is 1. The number of amides is 1. The fraction of sp³-hybridized carbons (Fsp3) is 0.462. The molecule has 1 amide bonds. The van der Waals surface area contributed by atoms with Crippen LogP contribution in [-0.4, -0.2) is 25.7 Å². The Labute approximate surface area is 107 Å². The van der Waals surface area contributed by atoms with Crippen LogP contribution in [0.5, 0.6) is 0 Å². The molecule has 1 atom stereocenters. The van der Waals surface area contributed by atoms with Crippen LogP contribution in [0.15, 0.2) is 18.2 Å². The Kier molecular flexibility index (Phi) is 4.97. The van der Waals surface area contributed by atoms with Gasteiger partial charge < -0.3 is 21.5 Å². The summed E-state index contributed by atoms with van der Waals surface area (Å²) in [5.74, 6) is -0.122. The Bertz CT molecular complexity index is 419. The van der Waals surface area contributed by atoms with Gasteiger partial charge in [-0.2, -0.15) is 0 Å². The van der Waals surface area contributed by atoms with Crippen molar-refractivity contribution in [2.75, 3.05) is 24.8 Å². The molecule has 0 aliphatic rings. The molecule has 5 nitrogen and oxygen atoms in total. The third-order valence-electron chi connectivity index (χ3n) is 2.82. The van der Waals surface area contributed by atoms with Crippen LogP contribution < -0.4 is 16.8 Å². The van der Waals surface area contributed by atoms with E-state index in [1.165, 1.54) is 0 Å². The van der Waals surface area contributed by atoms with Crippen molar-refractivity contribution in [3.63, 3.8) is 0 Å². The minimum atomic E-state index is -0.524. The van der Waals surface area contributed by atoms with Crippen LogP contribution in [0.2, 0.25) is 0 Å². The van der Waals surface area contributed by atoms with Gasteiger partial charge in [-0.1, -0.05) is 13.8 Å². The Hall–Kier alpha value is -1.75. The fourth-order valence-corrected chi connectivity index (χ4v) is 1.65. The molecule has 0 fully saturated rings. The zero-order valence-corrected chi connectivity index (χ0v) is 11.1. The second-order valence-electron chi connectivity index (χ2n) is 4.62. The summed E-state index contributed by atoms with van der Waals surface area (Å²) in [6, 6.07) is 5.33. The average molecular weight is 251 g/mol. The molecule has 1 aromatic carbocycles. The zero-order valence-electron chi connectivity index (χ0n) is 11.1. The van der Waals surface area contributed by atoms with Crippen LogP contribution in [0.3, 0.4) is 0 Å². The first-order chi connectivity index (χ1) is 8.45. The van der Waals surface area contributed by atoms with Gasteiger partial charge in [0.05, 0.1) is 18.2 Å². The summed E-state index contributed by atoms with van der Waals surface area (Å²) in [6.45, 7) is 4.79. The molecular weight excluding hydrogens is 230 g/mol. The van der Waals surface area contributed by atoms with Gasteiger partial charge in [0.1, 0.15) is 0 Å². The molecule has 100 valence electrons. The highest BCUT2D eigenvalue weighted by molar-refractivity contribution is 5.98. The highest BCUT2D eigenvalue weighted by Crippen LogP contribution is 2.19. The maximum Gasteiger partial charge on any atom is 0.250 e. The number of hydrogen-bond acceptors (Lipinski definition) is 4. The lowest BCUT2D eigenvalue weighted by Gasteiger charge is -2.23. The van der Waals surface area contributed by atoms with Crippen molar-refractivity contribution in [2.24, 2.45) is 11.7 Å². The fourth-order valence-electron chi connectivity index (χ4n) is 1.65. The van der Waals surface area contributed by atoms with Gasteiger partial charge in [0.25, 0.3) is 5.91 Å². The molecule has 0 aromatic heterocycles. The second-order valence-corrected chi connectivity index (χ2v) is 4.62. The number of hydrogen-bond donors (Lipinski definition) is 3. The predicted octanol–water partition coefficient (Wildman–Crippen LogP) is 1.45. The summed E-state index contributed by atoms with van der Waals surface area (Å²) in [4.78, 5) is 11.2. The van der Waals surface area contributed by atoms with Crippen molar-refractivity contribution >= 4 is 17.3 Å². The van der Waals surface area contributed by atoms with E-state index in [1.54, 1.807) is 19.2 Å².